The summed E-state index contributed by atoms with van der Waals surface area (Å²) in [6.45, 7) is -0.229. The first-order valence-corrected chi connectivity index (χ1v) is 21.5. The minimum absolute atomic E-state index is 0.0787. The van der Waals surface area contributed by atoms with E-state index in [-0.39, 0.29) is 90.1 Å². The SMILES string of the molecule is N#CC(C#N)=C1C(=Nc2cc3c(s2)c2c(c4sc(N=C5C(=O)c6ccccc6C5=C(C#N)C#N)cc4n2C(=O)OCc2ccccc2)n3C(=O)OCc2ccccc2)C(=O)c2ccccc21. The highest BCUT2D eigenvalue weighted by atomic mass is 32.1. The van der Waals surface area contributed by atoms with Crippen molar-refractivity contribution in [3.05, 3.63) is 166 Å². The van der Waals surface area contributed by atoms with Crippen LogP contribution in [0.1, 0.15) is 43.0 Å². The molecule has 4 aromatic heterocycles. The van der Waals surface area contributed by atoms with Crippen LogP contribution in [-0.2, 0) is 22.7 Å². The number of fused-ring (bicyclic) bond motifs is 7. The molecular formula is C50H24N8O6S2. The van der Waals surface area contributed by atoms with Gasteiger partial charge in [-0.25, -0.2) is 28.7 Å². The Bertz CT molecular complexity index is 3500. The number of Topliss-reactive ketones (excluding diaryl/α,β-unsaturated/α-hetero) is 2. The van der Waals surface area contributed by atoms with Crippen molar-refractivity contribution in [2.75, 3.05) is 0 Å². The van der Waals surface area contributed by atoms with Crippen LogP contribution in [-0.4, -0.2) is 44.3 Å². The molecule has 10 rings (SSSR count). The normalized spacial score (nSPS) is 14.0. The molecule has 2 aliphatic carbocycles. The highest BCUT2D eigenvalue weighted by molar-refractivity contribution is 7.25. The van der Waals surface area contributed by atoms with E-state index in [2.05, 4.69) is 0 Å². The first-order chi connectivity index (χ1) is 32.2. The molecule has 0 N–H and O–H groups in total. The molecule has 4 heterocycles. The Kier molecular flexibility index (Phi) is 10.1. The van der Waals surface area contributed by atoms with Crippen LogP contribution < -0.4 is 0 Å². The number of nitrogens with zero attached hydrogens (tertiary/aromatic N) is 8. The maximum atomic E-state index is 14.6. The Morgan fingerprint density at radius 1 is 0.515 bits per heavy atom. The number of aromatic nitrogens is 2. The van der Waals surface area contributed by atoms with Gasteiger partial charge in [-0.1, -0.05) is 109 Å². The van der Waals surface area contributed by atoms with Crippen LogP contribution in [0.5, 0.6) is 0 Å². The van der Waals surface area contributed by atoms with E-state index >= 15 is 0 Å². The molecule has 16 heteroatoms. The Morgan fingerprint density at radius 2 is 0.864 bits per heavy atom. The van der Waals surface area contributed by atoms with Crippen molar-refractivity contribution in [1.29, 1.82) is 21.0 Å². The van der Waals surface area contributed by atoms with Gasteiger partial charge in [0.05, 0.1) is 31.5 Å². The van der Waals surface area contributed by atoms with Gasteiger partial charge in [0.2, 0.25) is 11.6 Å². The van der Waals surface area contributed by atoms with E-state index in [4.69, 9.17) is 19.5 Å². The first-order valence-electron chi connectivity index (χ1n) is 19.8. The average Bonchev–Trinajstić information content (AvgIpc) is 4.18. The number of thiophene rings is 2. The summed E-state index contributed by atoms with van der Waals surface area (Å²) in [5, 5.41) is 40.1. The average molecular weight is 897 g/mol. The predicted molar refractivity (Wildman–Crippen MR) is 247 cm³/mol. The fraction of sp³-hybridized carbons (Fsp3) is 0.0400. The van der Waals surface area contributed by atoms with Gasteiger partial charge >= 0.3 is 12.2 Å². The molecule has 0 spiro atoms. The summed E-state index contributed by atoms with van der Waals surface area (Å²) in [6.07, 6.45) is -1.65. The second-order valence-electron chi connectivity index (χ2n) is 14.7. The highest BCUT2D eigenvalue weighted by Gasteiger charge is 2.37. The highest BCUT2D eigenvalue weighted by Crippen LogP contribution is 2.48. The fourth-order valence-electron chi connectivity index (χ4n) is 8.09. The van der Waals surface area contributed by atoms with Gasteiger partial charge in [0.15, 0.2) is 0 Å². The number of benzene rings is 4. The van der Waals surface area contributed by atoms with Crippen LogP contribution in [0.4, 0.5) is 19.6 Å². The van der Waals surface area contributed by atoms with Gasteiger partial charge in [0, 0.05) is 22.3 Å². The van der Waals surface area contributed by atoms with Gasteiger partial charge in [0.1, 0.15) is 70.1 Å². The van der Waals surface area contributed by atoms with Gasteiger partial charge < -0.3 is 9.47 Å². The molecule has 0 fully saturated rings. The third-order valence-corrected chi connectivity index (χ3v) is 13.0. The standard InChI is InChI=1S/C50H24N8O6S2/c51-21-29(22-52)39-31-15-7-9-17-33(31)45(59)41(39)55-37-19-35-47(65-37)44-43(57(35)49(61)63-25-27-11-3-1-4-12-27)48-36(58(44)50(62)64-26-28-13-5-2-6-14-28)20-38(66-48)56-42-40(30(23-53)24-54)32-16-8-10-18-34(32)46(42)60/h1-20H,25-26H2. The first kappa shape index (κ1) is 40.7. The summed E-state index contributed by atoms with van der Waals surface area (Å²) < 4.78 is 15.2. The number of rotatable bonds is 6. The molecule has 2 aliphatic rings. The smallest absolute Gasteiger partial charge is 0.419 e. The summed E-state index contributed by atoms with van der Waals surface area (Å²) in [5.41, 5.74) is 2.97. The molecule has 4 aromatic carbocycles. The zero-order chi connectivity index (χ0) is 45.6. The lowest BCUT2D eigenvalue weighted by Gasteiger charge is -2.07. The van der Waals surface area contributed by atoms with Crippen LogP contribution in [0.2, 0.25) is 0 Å². The topological polar surface area (TPSA) is 216 Å². The van der Waals surface area contributed by atoms with Gasteiger partial charge in [-0.2, -0.15) is 21.0 Å². The van der Waals surface area contributed by atoms with E-state index in [0.29, 0.717) is 31.7 Å². The van der Waals surface area contributed by atoms with E-state index in [1.807, 2.05) is 36.4 Å². The Balaban J connectivity index is 1.21. The molecule has 0 amide bonds. The van der Waals surface area contributed by atoms with E-state index in [1.165, 1.54) is 9.13 Å². The van der Waals surface area contributed by atoms with Gasteiger partial charge in [-0.3, -0.25) is 9.59 Å². The molecule has 0 aliphatic heterocycles. The number of carbonyl (C=O) groups excluding carboxylic acids is 4. The molecule has 312 valence electrons. The lowest BCUT2D eigenvalue weighted by atomic mass is 10.0. The van der Waals surface area contributed by atoms with Crippen molar-refractivity contribution in [3.8, 4) is 24.3 Å². The maximum Gasteiger partial charge on any atom is 0.419 e. The number of aliphatic imine (C=N–C) groups is 2. The third-order valence-electron chi connectivity index (χ3n) is 10.9. The second-order valence-corrected chi connectivity index (χ2v) is 16.7. The number of ketones is 2. The predicted octanol–water partition coefficient (Wildman–Crippen LogP) is 10.8. The summed E-state index contributed by atoms with van der Waals surface area (Å²) in [6, 6.07) is 41.8. The Labute approximate surface area is 381 Å². The van der Waals surface area contributed by atoms with Crippen LogP contribution in [0.15, 0.2) is 142 Å². The van der Waals surface area contributed by atoms with Crippen LogP contribution in [0.3, 0.4) is 0 Å². The summed E-state index contributed by atoms with van der Waals surface area (Å²) in [7, 11) is 0. The number of hydrogen-bond donors (Lipinski definition) is 0. The van der Waals surface area contributed by atoms with Crippen molar-refractivity contribution < 1.29 is 28.7 Å². The van der Waals surface area contributed by atoms with E-state index in [9.17, 15) is 40.2 Å². The zero-order valence-corrected chi connectivity index (χ0v) is 35.4. The Morgan fingerprint density at radius 3 is 1.23 bits per heavy atom. The quantitative estimate of drug-likeness (QED) is 0.144. The molecule has 0 radical (unpaired) electrons. The third kappa shape index (κ3) is 6.59. The number of hydrogen-bond acceptors (Lipinski definition) is 14. The summed E-state index contributed by atoms with van der Waals surface area (Å²) in [5.74, 6) is -1.00. The largest absolute Gasteiger partial charge is 0.444 e. The fourth-order valence-corrected chi connectivity index (χ4v) is 10.2. The van der Waals surface area contributed by atoms with Gasteiger partial charge in [-0.15, -0.1) is 22.7 Å². The van der Waals surface area contributed by atoms with E-state index in [0.717, 1.165) is 22.7 Å². The number of nitriles is 4. The van der Waals surface area contributed by atoms with Crippen molar-refractivity contribution >= 4 is 110 Å². The summed E-state index contributed by atoms with van der Waals surface area (Å²) in [4.78, 5) is 66.3. The zero-order valence-electron chi connectivity index (χ0n) is 33.8. The Hall–Kier alpha value is -9.32. The lowest BCUT2D eigenvalue weighted by Crippen LogP contribution is -2.13. The minimum Gasteiger partial charge on any atom is -0.444 e. The monoisotopic (exact) mass is 896 g/mol. The van der Waals surface area contributed by atoms with Crippen molar-refractivity contribution in [3.63, 3.8) is 0 Å². The van der Waals surface area contributed by atoms with Crippen molar-refractivity contribution in [2.45, 2.75) is 13.2 Å². The van der Waals surface area contributed by atoms with Gasteiger partial charge in [0.25, 0.3) is 0 Å². The number of carbonyl (C=O) groups is 4. The maximum absolute atomic E-state index is 14.6. The molecule has 0 bridgehead atoms. The molecule has 0 saturated carbocycles. The van der Waals surface area contributed by atoms with Crippen molar-refractivity contribution in [2.24, 2.45) is 9.98 Å². The molecule has 8 aromatic rings. The van der Waals surface area contributed by atoms with Crippen molar-refractivity contribution in [1.82, 2.24) is 9.13 Å². The molecule has 14 nitrogen and oxygen atoms in total. The lowest BCUT2D eigenvalue weighted by molar-refractivity contribution is 0.106. The molecule has 0 saturated heterocycles. The van der Waals surface area contributed by atoms with Gasteiger partial charge in [-0.05, 0) is 34.4 Å². The molecular weight excluding hydrogens is 873 g/mol. The van der Waals surface area contributed by atoms with Crippen LogP contribution in [0, 0.1) is 45.3 Å². The molecule has 0 atom stereocenters. The van der Waals surface area contributed by atoms with Crippen LogP contribution in [0.25, 0.3) is 42.6 Å². The number of allylic oxidation sites excluding steroid dienone is 4. The van der Waals surface area contributed by atoms with E-state index in [1.54, 1.807) is 109 Å². The van der Waals surface area contributed by atoms with E-state index < -0.39 is 23.8 Å². The number of ether oxygens (including phenoxy) is 2. The van der Waals surface area contributed by atoms with Crippen LogP contribution >= 0.6 is 22.7 Å². The molecule has 0 unspecified atom stereocenters. The second kappa shape index (κ2) is 16.4. The minimum atomic E-state index is -0.825. The molecule has 66 heavy (non-hydrogen) atoms. The summed E-state index contributed by atoms with van der Waals surface area (Å²) >= 11 is 2.11.